The van der Waals surface area contributed by atoms with E-state index in [1.54, 1.807) is 6.07 Å². The fourth-order valence-corrected chi connectivity index (χ4v) is 3.28. The fraction of sp³-hybridized carbons (Fsp3) is 0.579. The van der Waals surface area contributed by atoms with Crippen molar-refractivity contribution in [2.24, 2.45) is 0 Å². The van der Waals surface area contributed by atoms with Crippen molar-refractivity contribution in [3.05, 3.63) is 42.0 Å². The summed E-state index contributed by atoms with van der Waals surface area (Å²) in [6.45, 7) is 7.12. The number of piperazine rings is 1. The molecule has 0 aromatic heterocycles. The molecule has 3 nitrogen and oxygen atoms in total. The molecule has 1 aliphatic heterocycles. The van der Waals surface area contributed by atoms with Crippen molar-refractivity contribution < 1.29 is 17.9 Å². The molecule has 1 aromatic rings. The highest BCUT2D eigenvalue weighted by molar-refractivity contribution is 5.37. The maximum atomic E-state index is 13.3. The molecule has 0 aliphatic carbocycles. The summed E-state index contributed by atoms with van der Waals surface area (Å²) in [6.07, 6.45) is 1.23. The summed E-state index contributed by atoms with van der Waals surface area (Å²) < 4.78 is 44.9. The molecule has 1 heterocycles. The van der Waals surface area contributed by atoms with E-state index in [9.17, 15) is 13.2 Å². The van der Waals surface area contributed by atoms with Gasteiger partial charge in [-0.1, -0.05) is 12.5 Å². The maximum absolute atomic E-state index is 13.3. The van der Waals surface area contributed by atoms with E-state index in [4.69, 9.17) is 4.74 Å². The molecular formula is C19H27F3N2O. The lowest BCUT2D eigenvalue weighted by atomic mass is 9.96. The number of allylic oxidation sites excluding steroid dienone is 1. The van der Waals surface area contributed by atoms with Gasteiger partial charge in [0.2, 0.25) is 0 Å². The van der Waals surface area contributed by atoms with E-state index in [1.165, 1.54) is 13.2 Å². The van der Waals surface area contributed by atoms with Gasteiger partial charge in [-0.3, -0.25) is 4.90 Å². The summed E-state index contributed by atoms with van der Waals surface area (Å²) in [4.78, 5) is 2.28. The van der Waals surface area contributed by atoms with Gasteiger partial charge >= 0.3 is 6.18 Å². The van der Waals surface area contributed by atoms with E-state index >= 15 is 0 Å². The first-order valence-corrected chi connectivity index (χ1v) is 8.77. The molecule has 2 rings (SSSR count). The average Bonchev–Trinajstić information content (AvgIpc) is 2.61. The minimum absolute atomic E-state index is 0.0249. The summed E-state index contributed by atoms with van der Waals surface area (Å²) in [6, 6.07) is 4.07. The van der Waals surface area contributed by atoms with Gasteiger partial charge in [0.15, 0.2) is 0 Å². The van der Waals surface area contributed by atoms with Crippen molar-refractivity contribution >= 4 is 0 Å². The van der Waals surface area contributed by atoms with E-state index in [-0.39, 0.29) is 11.8 Å². The molecule has 0 radical (unpaired) electrons. The summed E-state index contributed by atoms with van der Waals surface area (Å²) in [5.41, 5.74) is 0.0419. The molecule has 1 N–H and O–H groups in total. The molecule has 0 amide bonds. The molecule has 0 saturated carbocycles. The highest BCUT2D eigenvalue weighted by Gasteiger charge is 2.33. The van der Waals surface area contributed by atoms with Crippen LogP contribution in [0.25, 0.3) is 0 Å². The monoisotopic (exact) mass is 356 g/mol. The number of hydrogen-bond donors (Lipinski definition) is 1. The van der Waals surface area contributed by atoms with E-state index in [0.29, 0.717) is 5.56 Å². The Hall–Kier alpha value is -1.53. The largest absolute Gasteiger partial charge is 0.497 e. The van der Waals surface area contributed by atoms with Gasteiger partial charge in [-0.05, 0) is 43.0 Å². The normalized spacial score (nSPS) is 17.3. The molecule has 0 unspecified atom stereocenters. The number of alkyl halides is 3. The van der Waals surface area contributed by atoms with E-state index in [1.807, 2.05) is 6.08 Å². The number of benzene rings is 1. The minimum Gasteiger partial charge on any atom is -0.497 e. The van der Waals surface area contributed by atoms with Gasteiger partial charge in [0.25, 0.3) is 0 Å². The van der Waals surface area contributed by atoms with Crippen molar-refractivity contribution in [1.29, 1.82) is 0 Å². The van der Waals surface area contributed by atoms with Gasteiger partial charge in [-0.25, -0.2) is 0 Å². The second kappa shape index (κ2) is 9.25. The topological polar surface area (TPSA) is 24.5 Å². The molecule has 1 aliphatic rings. The number of rotatable bonds is 8. The first-order chi connectivity index (χ1) is 12.0. The molecular weight excluding hydrogens is 329 g/mol. The lowest BCUT2D eigenvalue weighted by Gasteiger charge is -2.35. The molecule has 140 valence electrons. The van der Waals surface area contributed by atoms with Crippen LogP contribution in [0, 0.1) is 0 Å². The van der Waals surface area contributed by atoms with Crippen LogP contribution in [0.5, 0.6) is 5.75 Å². The van der Waals surface area contributed by atoms with Crippen LogP contribution in [0.1, 0.15) is 42.9 Å². The zero-order valence-electron chi connectivity index (χ0n) is 14.7. The SMILES string of the molecule is C=CCCCC[C@H](c1cc(OC)cc(C(F)(F)F)c1)N1CCNCC1. The van der Waals surface area contributed by atoms with Gasteiger partial charge in [-0.2, -0.15) is 13.2 Å². The standard InChI is InChI=1S/C19H27F3N2O/c1-3-4-5-6-7-18(24-10-8-23-9-11-24)15-12-16(19(20,21)22)14-17(13-15)25-2/h3,12-14,18,23H,1,4-11H2,2H3/t18-/m1/s1. The third-order valence-electron chi connectivity index (χ3n) is 4.60. The van der Waals surface area contributed by atoms with Crippen LogP contribution in [0.2, 0.25) is 0 Å². The van der Waals surface area contributed by atoms with Crippen LogP contribution in [-0.4, -0.2) is 38.2 Å². The Balaban J connectivity index is 2.28. The molecule has 25 heavy (non-hydrogen) atoms. The average molecular weight is 356 g/mol. The van der Waals surface area contributed by atoms with Crippen molar-refractivity contribution in [3.8, 4) is 5.75 Å². The Morgan fingerprint density at radius 2 is 1.96 bits per heavy atom. The molecule has 6 heteroatoms. The number of unbranched alkanes of at least 4 members (excludes halogenated alkanes) is 2. The quantitative estimate of drug-likeness (QED) is 0.552. The number of methoxy groups -OCH3 is 1. The van der Waals surface area contributed by atoms with Crippen LogP contribution >= 0.6 is 0 Å². The number of ether oxygens (including phenoxy) is 1. The zero-order valence-corrected chi connectivity index (χ0v) is 14.7. The van der Waals surface area contributed by atoms with Crippen molar-refractivity contribution in [2.45, 2.75) is 37.9 Å². The molecule has 1 atom stereocenters. The zero-order chi connectivity index (χ0) is 18.3. The van der Waals surface area contributed by atoms with Crippen molar-refractivity contribution in [2.75, 3.05) is 33.3 Å². The molecule has 0 spiro atoms. The van der Waals surface area contributed by atoms with E-state index in [0.717, 1.165) is 57.9 Å². The van der Waals surface area contributed by atoms with E-state index in [2.05, 4.69) is 16.8 Å². The molecule has 1 aromatic carbocycles. The molecule has 1 saturated heterocycles. The fourth-order valence-electron chi connectivity index (χ4n) is 3.28. The predicted molar refractivity (Wildman–Crippen MR) is 93.8 cm³/mol. The summed E-state index contributed by atoms with van der Waals surface area (Å²) >= 11 is 0. The van der Waals surface area contributed by atoms with Gasteiger partial charge in [0, 0.05) is 32.2 Å². The molecule has 0 bridgehead atoms. The summed E-state index contributed by atoms with van der Waals surface area (Å²) in [5.74, 6) is 0.260. The van der Waals surface area contributed by atoms with Gasteiger partial charge in [-0.15, -0.1) is 6.58 Å². The first-order valence-electron chi connectivity index (χ1n) is 8.77. The van der Waals surface area contributed by atoms with Gasteiger partial charge in [0.05, 0.1) is 12.7 Å². The Kier molecular flexibility index (Phi) is 7.32. The molecule has 1 fully saturated rings. The smallest absolute Gasteiger partial charge is 0.416 e. The number of nitrogens with one attached hydrogen (secondary N) is 1. The highest BCUT2D eigenvalue weighted by Crippen LogP contribution is 2.36. The first kappa shape index (κ1) is 19.8. The maximum Gasteiger partial charge on any atom is 0.416 e. The van der Waals surface area contributed by atoms with Crippen LogP contribution in [0.4, 0.5) is 13.2 Å². The number of nitrogens with zero attached hydrogens (tertiary/aromatic N) is 1. The second-order valence-corrected chi connectivity index (χ2v) is 6.37. The third kappa shape index (κ3) is 5.75. The number of hydrogen-bond acceptors (Lipinski definition) is 3. The van der Waals surface area contributed by atoms with Crippen LogP contribution < -0.4 is 10.1 Å². The lowest BCUT2D eigenvalue weighted by Crippen LogP contribution is -2.45. The van der Waals surface area contributed by atoms with Crippen LogP contribution in [0.15, 0.2) is 30.9 Å². The van der Waals surface area contributed by atoms with Crippen LogP contribution in [0.3, 0.4) is 0 Å². The second-order valence-electron chi connectivity index (χ2n) is 6.37. The van der Waals surface area contributed by atoms with Gasteiger partial charge in [0.1, 0.15) is 5.75 Å². The summed E-state index contributed by atoms with van der Waals surface area (Å²) in [5, 5.41) is 3.30. The van der Waals surface area contributed by atoms with Crippen molar-refractivity contribution in [3.63, 3.8) is 0 Å². The third-order valence-corrected chi connectivity index (χ3v) is 4.60. The van der Waals surface area contributed by atoms with Crippen molar-refractivity contribution in [1.82, 2.24) is 10.2 Å². The Labute approximate surface area is 147 Å². The highest BCUT2D eigenvalue weighted by atomic mass is 19.4. The Bertz CT molecular complexity index is 554. The van der Waals surface area contributed by atoms with E-state index < -0.39 is 11.7 Å². The Morgan fingerprint density at radius 1 is 1.24 bits per heavy atom. The van der Waals surface area contributed by atoms with Gasteiger partial charge < -0.3 is 10.1 Å². The number of halogens is 3. The predicted octanol–water partition coefficient (Wildman–Crippen LogP) is 4.41. The Morgan fingerprint density at radius 3 is 2.56 bits per heavy atom. The van der Waals surface area contributed by atoms with Crippen LogP contribution in [-0.2, 0) is 6.18 Å². The minimum atomic E-state index is -4.37. The summed E-state index contributed by atoms with van der Waals surface area (Å²) in [7, 11) is 1.41. The lowest BCUT2D eigenvalue weighted by molar-refractivity contribution is -0.137.